The summed E-state index contributed by atoms with van der Waals surface area (Å²) < 4.78 is 5.39. The fraction of sp³-hybridized carbons (Fsp3) is 0.647. The molecule has 1 aliphatic carbocycles. The highest BCUT2D eigenvalue weighted by Gasteiger charge is 2.27. The summed E-state index contributed by atoms with van der Waals surface area (Å²) in [6, 6.07) is 1.76. The van der Waals surface area contributed by atoms with E-state index in [4.69, 9.17) is 4.42 Å². The second kappa shape index (κ2) is 6.46. The maximum atomic E-state index is 12.2. The number of furan rings is 1. The van der Waals surface area contributed by atoms with Gasteiger partial charge in [-0.05, 0) is 51.0 Å². The van der Waals surface area contributed by atoms with Crippen molar-refractivity contribution in [3.05, 3.63) is 23.2 Å². The quantitative estimate of drug-likeness (QED) is 0.853. The first-order valence-corrected chi connectivity index (χ1v) is 7.82. The first-order valence-electron chi connectivity index (χ1n) is 7.82. The highest BCUT2D eigenvalue weighted by Crippen LogP contribution is 2.31. The molecule has 1 saturated carbocycles. The van der Waals surface area contributed by atoms with E-state index in [1.54, 1.807) is 13.0 Å². The van der Waals surface area contributed by atoms with Gasteiger partial charge in [0.25, 0.3) is 5.91 Å². The lowest BCUT2D eigenvalue weighted by Gasteiger charge is -2.30. The number of hydrogen-bond donors (Lipinski definition) is 1. The summed E-state index contributed by atoms with van der Waals surface area (Å²) in [4.78, 5) is 12.2. The molecule has 0 radical (unpaired) electrons. The third-order valence-electron chi connectivity index (χ3n) is 4.35. The van der Waals surface area contributed by atoms with Crippen LogP contribution in [-0.4, -0.2) is 11.6 Å². The topological polar surface area (TPSA) is 54.6 Å². The Labute approximate surface area is 127 Å². The first-order chi connectivity index (χ1) is 9.88. The molecule has 0 unspecified atom stereocenters. The molecule has 1 heterocycles. The number of aryl methyl sites for hydroxylation is 2. The molecule has 0 aromatic carbocycles. The largest absolute Gasteiger partial charge is 0.466 e. The van der Waals surface area contributed by atoms with E-state index in [0.29, 0.717) is 29.1 Å². The summed E-state index contributed by atoms with van der Waals surface area (Å²) in [5.41, 5.74) is 4.42. The van der Waals surface area contributed by atoms with Gasteiger partial charge < -0.3 is 4.42 Å². The third-order valence-corrected chi connectivity index (χ3v) is 4.35. The lowest BCUT2D eigenvalue weighted by Crippen LogP contribution is -2.31. The first kappa shape index (κ1) is 15.8. The number of amides is 1. The second-order valence-corrected chi connectivity index (χ2v) is 6.61. The zero-order valence-corrected chi connectivity index (χ0v) is 13.7. The molecule has 2 rings (SSSR count). The molecule has 21 heavy (non-hydrogen) atoms. The van der Waals surface area contributed by atoms with Crippen LogP contribution in [0.2, 0.25) is 0 Å². The summed E-state index contributed by atoms with van der Waals surface area (Å²) in [5, 5.41) is 4.44. The second-order valence-electron chi connectivity index (χ2n) is 6.61. The van der Waals surface area contributed by atoms with Crippen molar-refractivity contribution in [3.63, 3.8) is 0 Å². The van der Waals surface area contributed by atoms with E-state index in [1.165, 1.54) is 6.42 Å². The van der Waals surface area contributed by atoms with E-state index in [-0.39, 0.29) is 5.91 Å². The molecule has 1 amide bonds. The Balaban J connectivity index is 2.10. The summed E-state index contributed by atoms with van der Waals surface area (Å²) in [7, 11) is 0. The van der Waals surface area contributed by atoms with E-state index in [9.17, 15) is 4.79 Å². The molecular formula is C17H26N2O2. The molecule has 116 valence electrons. The van der Waals surface area contributed by atoms with Gasteiger partial charge in [-0.2, -0.15) is 5.10 Å². The summed E-state index contributed by atoms with van der Waals surface area (Å²) >= 11 is 0. The van der Waals surface area contributed by atoms with Crippen molar-refractivity contribution >= 4 is 11.6 Å². The molecule has 0 saturated heterocycles. The zero-order valence-electron chi connectivity index (χ0n) is 13.7. The van der Waals surface area contributed by atoms with E-state index in [0.717, 1.165) is 24.3 Å². The number of rotatable bonds is 3. The zero-order chi connectivity index (χ0) is 15.6. The van der Waals surface area contributed by atoms with Crippen molar-refractivity contribution in [2.75, 3.05) is 0 Å². The Morgan fingerprint density at radius 2 is 2.10 bits per heavy atom. The smallest absolute Gasteiger partial charge is 0.274 e. The van der Waals surface area contributed by atoms with Gasteiger partial charge in [-0.15, -0.1) is 0 Å². The monoisotopic (exact) mass is 290 g/mol. The lowest BCUT2D eigenvalue weighted by atomic mass is 9.76. The number of carbonyl (C=O) groups excluding carboxylic acids is 1. The van der Waals surface area contributed by atoms with Crippen LogP contribution in [-0.2, 0) is 0 Å². The third kappa shape index (κ3) is 3.74. The Morgan fingerprint density at radius 3 is 2.67 bits per heavy atom. The van der Waals surface area contributed by atoms with Crippen LogP contribution >= 0.6 is 0 Å². The fourth-order valence-corrected chi connectivity index (χ4v) is 3.13. The van der Waals surface area contributed by atoms with Crippen LogP contribution in [0.25, 0.3) is 0 Å². The van der Waals surface area contributed by atoms with Crippen molar-refractivity contribution < 1.29 is 9.21 Å². The number of carbonyl (C=O) groups is 1. The number of nitrogens with zero attached hydrogens (tertiary/aromatic N) is 1. The van der Waals surface area contributed by atoms with Gasteiger partial charge in [-0.25, -0.2) is 5.43 Å². The van der Waals surface area contributed by atoms with Crippen LogP contribution in [0.5, 0.6) is 0 Å². The van der Waals surface area contributed by atoms with E-state index < -0.39 is 0 Å². The standard InChI is InChI=1S/C17H26N2O2/c1-10(2)14-7-6-11(3)8-16(14)18-19-17(20)15-9-12(4)21-13(15)5/h9-11,14H,6-8H2,1-5H3,(H,19,20)/t11-,14+/m0/s1. The Kier molecular flexibility index (Phi) is 4.86. The predicted octanol–water partition coefficient (Wildman–Crippen LogP) is 4.07. The summed E-state index contributed by atoms with van der Waals surface area (Å²) in [6.45, 7) is 10.3. The minimum Gasteiger partial charge on any atom is -0.466 e. The van der Waals surface area contributed by atoms with Crippen molar-refractivity contribution in [3.8, 4) is 0 Å². The molecule has 1 fully saturated rings. The SMILES string of the molecule is Cc1cc(C(=O)NN=C2C[C@@H](C)CC[C@@H]2C(C)C)c(C)o1. The van der Waals surface area contributed by atoms with Crippen LogP contribution < -0.4 is 5.43 Å². The molecular weight excluding hydrogens is 264 g/mol. The molecule has 0 bridgehead atoms. The summed E-state index contributed by atoms with van der Waals surface area (Å²) in [6.07, 6.45) is 3.39. The molecule has 4 heteroatoms. The van der Waals surface area contributed by atoms with Gasteiger partial charge in [-0.1, -0.05) is 20.8 Å². The molecule has 0 spiro atoms. The van der Waals surface area contributed by atoms with Crippen molar-refractivity contribution in [1.29, 1.82) is 0 Å². The predicted molar refractivity (Wildman–Crippen MR) is 84.4 cm³/mol. The van der Waals surface area contributed by atoms with Crippen LogP contribution in [0.1, 0.15) is 61.9 Å². The minimum atomic E-state index is -0.183. The van der Waals surface area contributed by atoms with Crippen LogP contribution in [0.4, 0.5) is 0 Å². The van der Waals surface area contributed by atoms with Crippen LogP contribution in [0, 0.1) is 31.6 Å². The molecule has 1 aromatic heterocycles. The minimum absolute atomic E-state index is 0.183. The van der Waals surface area contributed by atoms with Crippen LogP contribution in [0.3, 0.4) is 0 Å². The van der Waals surface area contributed by atoms with Gasteiger partial charge in [0.05, 0.1) is 5.56 Å². The maximum Gasteiger partial charge on any atom is 0.274 e. The van der Waals surface area contributed by atoms with Gasteiger partial charge in [0, 0.05) is 11.6 Å². The number of nitrogens with one attached hydrogen (secondary N) is 1. The molecule has 1 aliphatic rings. The van der Waals surface area contributed by atoms with E-state index in [1.807, 2.05) is 6.92 Å². The fourth-order valence-electron chi connectivity index (χ4n) is 3.13. The van der Waals surface area contributed by atoms with Crippen molar-refractivity contribution in [2.45, 2.75) is 53.9 Å². The molecule has 0 aliphatic heterocycles. The van der Waals surface area contributed by atoms with Gasteiger partial charge in [0.1, 0.15) is 11.5 Å². The lowest BCUT2D eigenvalue weighted by molar-refractivity contribution is 0.0952. The average molecular weight is 290 g/mol. The maximum absolute atomic E-state index is 12.2. The van der Waals surface area contributed by atoms with Gasteiger partial charge in [0.2, 0.25) is 0 Å². The number of hydrogen-bond acceptors (Lipinski definition) is 3. The van der Waals surface area contributed by atoms with Gasteiger partial charge in [-0.3, -0.25) is 4.79 Å². The highest BCUT2D eigenvalue weighted by atomic mass is 16.3. The normalized spacial score (nSPS) is 24.6. The van der Waals surface area contributed by atoms with Gasteiger partial charge >= 0.3 is 0 Å². The number of hydrazone groups is 1. The van der Waals surface area contributed by atoms with E-state index in [2.05, 4.69) is 31.3 Å². The Bertz CT molecular complexity index is 543. The van der Waals surface area contributed by atoms with Crippen molar-refractivity contribution in [1.82, 2.24) is 5.43 Å². The Hall–Kier alpha value is -1.58. The molecule has 4 nitrogen and oxygen atoms in total. The van der Waals surface area contributed by atoms with Crippen LogP contribution in [0.15, 0.2) is 15.6 Å². The molecule has 2 atom stereocenters. The highest BCUT2D eigenvalue weighted by molar-refractivity contribution is 5.96. The molecule has 1 aromatic rings. The van der Waals surface area contributed by atoms with E-state index >= 15 is 0 Å². The summed E-state index contributed by atoms with van der Waals surface area (Å²) in [5.74, 6) is 2.89. The molecule has 1 N–H and O–H groups in total. The average Bonchev–Trinajstić information content (AvgIpc) is 2.74. The van der Waals surface area contributed by atoms with Crippen molar-refractivity contribution in [2.24, 2.45) is 22.9 Å². The van der Waals surface area contributed by atoms with Gasteiger partial charge in [0.15, 0.2) is 0 Å². The Morgan fingerprint density at radius 1 is 1.38 bits per heavy atom.